The van der Waals surface area contributed by atoms with Crippen LogP contribution in [0.4, 0.5) is 0 Å². The Labute approximate surface area is 198 Å². The summed E-state index contributed by atoms with van der Waals surface area (Å²) in [6, 6.07) is 15.1. The molecule has 1 amide bonds. The number of sulfonamides is 1. The van der Waals surface area contributed by atoms with Crippen molar-refractivity contribution in [3.8, 4) is 0 Å². The van der Waals surface area contributed by atoms with Crippen LogP contribution in [0, 0.1) is 18.3 Å². The number of carbonyl (C=O) groups is 3. The van der Waals surface area contributed by atoms with Crippen LogP contribution in [0.25, 0.3) is 0 Å². The van der Waals surface area contributed by atoms with E-state index in [2.05, 4.69) is 0 Å². The lowest BCUT2D eigenvalue weighted by Crippen LogP contribution is -2.66. The molecule has 0 spiro atoms. The fourth-order valence-electron chi connectivity index (χ4n) is 4.94. The standard InChI is InChI=1S/C25H27NO7S/c1-17-8-10-21(11-9-17)34(30,31)26-13-12-19-14-20(27)15-22(32-2)25(19,23(26)28)24(29)33-16-18-6-4-3-5-7-18/h3-11,19,22H,12-16H2,1-2H3/t19-,22?,25+/m1/s1. The fourth-order valence-corrected chi connectivity index (χ4v) is 6.39. The van der Waals surface area contributed by atoms with Crippen LogP contribution in [-0.4, -0.2) is 50.1 Å². The zero-order valence-corrected chi connectivity index (χ0v) is 19.9. The molecule has 8 nitrogen and oxygen atoms in total. The number of fused-ring (bicyclic) bond motifs is 1. The summed E-state index contributed by atoms with van der Waals surface area (Å²) in [6.07, 6.45) is -1.14. The first kappa shape index (κ1) is 24.1. The van der Waals surface area contributed by atoms with Gasteiger partial charge in [0.05, 0.1) is 11.0 Å². The van der Waals surface area contributed by atoms with E-state index in [-0.39, 0.29) is 43.1 Å². The number of piperidine rings is 1. The first-order chi connectivity index (χ1) is 16.2. The van der Waals surface area contributed by atoms with Crippen molar-refractivity contribution >= 4 is 27.7 Å². The van der Waals surface area contributed by atoms with Gasteiger partial charge < -0.3 is 9.47 Å². The average molecular weight is 486 g/mol. The SMILES string of the molecule is COC1CC(=O)C[C@H]2CCN(S(=O)(=O)c3ccc(C)cc3)C(=O)[C@@]12C(=O)OCc1ccccc1. The number of nitrogens with zero attached hydrogens (tertiary/aromatic N) is 1. The molecule has 1 aliphatic carbocycles. The molecule has 0 aromatic heterocycles. The Hall–Kier alpha value is -3.04. The van der Waals surface area contributed by atoms with E-state index in [4.69, 9.17) is 9.47 Å². The monoisotopic (exact) mass is 485 g/mol. The summed E-state index contributed by atoms with van der Waals surface area (Å²) in [5, 5.41) is 0. The number of esters is 1. The van der Waals surface area contributed by atoms with Crippen LogP contribution in [0.5, 0.6) is 0 Å². The molecule has 1 unspecified atom stereocenters. The van der Waals surface area contributed by atoms with Gasteiger partial charge in [0.1, 0.15) is 12.4 Å². The lowest BCUT2D eigenvalue weighted by Gasteiger charge is -2.49. The third kappa shape index (κ3) is 4.03. The van der Waals surface area contributed by atoms with Crippen LogP contribution in [0.1, 0.15) is 30.4 Å². The average Bonchev–Trinajstić information content (AvgIpc) is 2.83. The summed E-state index contributed by atoms with van der Waals surface area (Å²) >= 11 is 0. The number of methoxy groups -OCH3 is 1. The second kappa shape index (κ2) is 9.31. The Morgan fingerprint density at radius 1 is 1.06 bits per heavy atom. The molecule has 2 aromatic rings. The number of ketones is 1. The molecule has 0 bridgehead atoms. The molecule has 1 heterocycles. The van der Waals surface area contributed by atoms with E-state index in [0.29, 0.717) is 0 Å². The molecule has 0 radical (unpaired) electrons. The van der Waals surface area contributed by atoms with Crippen LogP contribution in [0.15, 0.2) is 59.5 Å². The second-order valence-electron chi connectivity index (χ2n) is 8.78. The minimum Gasteiger partial charge on any atom is -0.460 e. The van der Waals surface area contributed by atoms with Gasteiger partial charge in [0, 0.05) is 26.5 Å². The molecular formula is C25H27NO7S. The Bertz CT molecular complexity index is 1180. The van der Waals surface area contributed by atoms with E-state index in [1.807, 2.05) is 13.0 Å². The van der Waals surface area contributed by atoms with E-state index in [0.717, 1.165) is 15.4 Å². The van der Waals surface area contributed by atoms with Crippen molar-refractivity contribution < 1.29 is 32.3 Å². The van der Waals surface area contributed by atoms with E-state index >= 15 is 0 Å². The number of Topliss-reactive ketones (excluding diaryl/α,β-unsaturated/α-hetero) is 1. The van der Waals surface area contributed by atoms with E-state index in [1.54, 1.807) is 36.4 Å². The van der Waals surface area contributed by atoms with Gasteiger partial charge in [-0.3, -0.25) is 14.4 Å². The number of hydrogen-bond donors (Lipinski definition) is 0. The summed E-state index contributed by atoms with van der Waals surface area (Å²) in [6.45, 7) is 1.61. The lowest BCUT2D eigenvalue weighted by atomic mass is 9.60. The van der Waals surface area contributed by atoms with Gasteiger partial charge >= 0.3 is 5.97 Å². The second-order valence-corrected chi connectivity index (χ2v) is 10.6. The predicted octanol–water partition coefficient (Wildman–Crippen LogP) is 2.64. The summed E-state index contributed by atoms with van der Waals surface area (Å²) in [4.78, 5) is 39.9. The van der Waals surface area contributed by atoms with E-state index < -0.39 is 39.3 Å². The molecule has 0 N–H and O–H groups in total. The third-order valence-corrected chi connectivity index (χ3v) is 8.54. The van der Waals surface area contributed by atoms with Crippen LogP contribution in [-0.2, 0) is 40.5 Å². The number of carbonyl (C=O) groups excluding carboxylic acids is 3. The van der Waals surface area contributed by atoms with Gasteiger partial charge in [-0.2, -0.15) is 0 Å². The Morgan fingerprint density at radius 3 is 2.38 bits per heavy atom. The highest BCUT2D eigenvalue weighted by Gasteiger charge is 2.66. The van der Waals surface area contributed by atoms with Crippen molar-refractivity contribution in [3.63, 3.8) is 0 Å². The number of amides is 1. The molecule has 3 atom stereocenters. The van der Waals surface area contributed by atoms with Crippen molar-refractivity contribution in [1.82, 2.24) is 4.31 Å². The van der Waals surface area contributed by atoms with Crippen molar-refractivity contribution in [2.24, 2.45) is 11.3 Å². The number of rotatable bonds is 6. The molecule has 1 saturated heterocycles. The van der Waals surface area contributed by atoms with Crippen molar-refractivity contribution in [2.45, 2.75) is 43.8 Å². The smallest absolute Gasteiger partial charge is 0.325 e. The quantitative estimate of drug-likeness (QED) is 0.457. The Balaban J connectivity index is 1.74. The van der Waals surface area contributed by atoms with Crippen molar-refractivity contribution in [1.29, 1.82) is 0 Å². The van der Waals surface area contributed by atoms with Crippen molar-refractivity contribution in [2.75, 3.05) is 13.7 Å². The van der Waals surface area contributed by atoms with Crippen LogP contribution in [0.2, 0.25) is 0 Å². The molecule has 2 aromatic carbocycles. The van der Waals surface area contributed by atoms with Crippen LogP contribution in [0.3, 0.4) is 0 Å². The molecule has 1 aliphatic heterocycles. The minimum absolute atomic E-state index is 0.00947. The zero-order chi connectivity index (χ0) is 24.5. The zero-order valence-electron chi connectivity index (χ0n) is 19.1. The van der Waals surface area contributed by atoms with Gasteiger partial charge in [-0.15, -0.1) is 0 Å². The number of aryl methyl sites for hydroxylation is 1. The molecule has 9 heteroatoms. The van der Waals surface area contributed by atoms with Gasteiger partial charge in [-0.05, 0) is 37.0 Å². The number of hydrogen-bond acceptors (Lipinski definition) is 7. The van der Waals surface area contributed by atoms with Crippen LogP contribution < -0.4 is 0 Å². The Morgan fingerprint density at radius 2 is 1.74 bits per heavy atom. The van der Waals surface area contributed by atoms with Crippen molar-refractivity contribution in [3.05, 3.63) is 65.7 Å². The molecular weight excluding hydrogens is 458 g/mol. The minimum atomic E-state index is -4.23. The lowest BCUT2D eigenvalue weighted by molar-refractivity contribution is -0.190. The molecule has 34 heavy (non-hydrogen) atoms. The third-order valence-electron chi connectivity index (χ3n) is 6.74. The molecule has 4 rings (SSSR count). The summed E-state index contributed by atoms with van der Waals surface area (Å²) < 4.78 is 38.7. The maximum Gasteiger partial charge on any atom is 0.325 e. The van der Waals surface area contributed by atoms with Gasteiger partial charge in [-0.25, -0.2) is 12.7 Å². The molecule has 1 saturated carbocycles. The van der Waals surface area contributed by atoms with E-state index in [9.17, 15) is 22.8 Å². The van der Waals surface area contributed by atoms with Gasteiger partial charge in [0.25, 0.3) is 15.9 Å². The van der Waals surface area contributed by atoms with Gasteiger partial charge in [0.15, 0.2) is 5.41 Å². The molecule has 2 aliphatic rings. The fraction of sp³-hybridized carbons (Fsp3) is 0.400. The van der Waals surface area contributed by atoms with Gasteiger partial charge in [-0.1, -0.05) is 48.0 Å². The summed E-state index contributed by atoms with van der Waals surface area (Å²) in [5.41, 5.74) is -0.333. The highest BCUT2D eigenvalue weighted by Crippen LogP contribution is 2.49. The largest absolute Gasteiger partial charge is 0.460 e. The normalized spacial score (nSPS) is 25.1. The Kier molecular flexibility index (Phi) is 6.60. The summed E-state index contributed by atoms with van der Waals surface area (Å²) in [5.74, 6) is -2.61. The maximum atomic E-state index is 14.0. The highest BCUT2D eigenvalue weighted by molar-refractivity contribution is 7.89. The predicted molar refractivity (Wildman–Crippen MR) is 122 cm³/mol. The number of ether oxygens (including phenoxy) is 2. The molecule has 2 fully saturated rings. The van der Waals surface area contributed by atoms with E-state index in [1.165, 1.54) is 19.2 Å². The maximum absolute atomic E-state index is 14.0. The first-order valence-electron chi connectivity index (χ1n) is 11.1. The van der Waals surface area contributed by atoms with Crippen LogP contribution >= 0.6 is 0 Å². The number of benzene rings is 2. The molecule has 180 valence electrons. The first-order valence-corrected chi connectivity index (χ1v) is 12.5. The van der Waals surface area contributed by atoms with Gasteiger partial charge in [0.2, 0.25) is 0 Å². The summed E-state index contributed by atoms with van der Waals surface area (Å²) in [7, 11) is -2.91. The topological polar surface area (TPSA) is 107 Å². The highest BCUT2D eigenvalue weighted by atomic mass is 32.2.